The SMILES string of the molecule is COC(=O)C1(c2ccccc2)C(c2ccccc2)=C1c1cccc2ccccc12. The summed E-state index contributed by atoms with van der Waals surface area (Å²) in [5.74, 6) is -0.245. The largest absolute Gasteiger partial charge is 0.468 e. The zero-order valence-corrected chi connectivity index (χ0v) is 16.1. The van der Waals surface area contributed by atoms with Crippen molar-refractivity contribution < 1.29 is 9.53 Å². The molecule has 4 aromatic carbocycles. The van der Waals surface area contributed by atoms with Crippen LogP contribution in [0.15, 0.2) is 103 Å². The first-order valence-electron chi connectivity index (χ1n) is 9.71. The highest BCUT2D eigenvalue weighted by Gasteiger charge is 2.62. The van der Waals surface area contributed by atoms with Gasteiger partial charge in [-0.25, -0.2) is 0 Å². The Morgan fingerprint density at radius 1 is 0.690 bits per heavy atom. The van der Waals surface area contributed by atoms with Crippen LogP contribution in [-0.4, -0.2) is 13.1 Å². The summed E-state index contributed by atoms with van der Waals surface area (Å²) in [6.45, 7) is 0. The van der Waals surface area contributed by atoms with E-state index in [1.54, 1.807) is 0 Å². The van der Waals surface area contributed by atoms with Crippen LogP contribution in [0.5, 0.6) is 0 Å². The summed E-state index contributed by atoms with van der Waals surface area (Å²) >= 11 is 0. The molecule has 2 heteroatoms. The van der Waals surface area contributed by atoms with Crippen molar-refractivity contribution in [1.82, 2.24) is 0 Å². The molecule has 0 N–H and O–H groups in total. The number of rotatable bonds is 4. The van der Waals surface area contributed by atoms with Gasteiger partial charge in [0.05, 0.1) is 7.11 Å². The van der Waals surface area contributed by atoms with Crippen LogP contribution >= 0.6 is 0 Å². The molecule has 0 saturated heterocycles. The van der Waals surface area contributed by atoms with Crippen LogP contribution in [0.4, 0.5) is 0 Å². The molecule has 5 rings (SSSR count). The van der Waals surface area contributed by atoms with E-state index in [9.17, 15) is 4.79 Å². The summed E-state index contributed by atoms with van der Waals surface area (Å²) in [4.78, 5) is 13.3. The number of hydrogen-bond acceptors (Lipinski definition) is 2. The first-order valence-corrected chi connectivity index (χ1v) is 9.71. The standard InChI is InChI=1S/C27H20O2/c1-29-26(28)27(21-15-6-3-7-16-21)24(20-12-4-2-5-13-20)25(27)23-18-10-14-19-11-8-9-17-22(19)23/h2-18H,1H3. The fourth-order valence-corrected chi connectivity index (χ4v) is 4.48. The number of carbonyl (C=O) groups is 1. The molecule has 1 unspecified atom stereocenters. The lowest BCUT2D eigenvalue weighted by Crippen LogP contribution is -2.27. The average molecular weight is 376 g/mol. The van der Waals surface area contributed by atoms with Crippen molar-refractivity contribution in [3.8, 4) is 0 Å². The molecule has 0 bridgehead atoms. The van der Waals surface area contributed by atoms with Crippen LogP contribution in [0.2, 0.25) is 0 Å². The molecule has 0 spiro atoms. The zero-order valence-electron chi connectivity index (χ0n) is 16.1. The van der Waals surface area contributed by atoms with Crippen LogP contribution in [-0.2, 0) is 14.9 Å². The van der Waals surface area contributed by atoms with Gasteiger partial charge in [0.15, 0.2) is 0 Å². The Labute approximate surface area is 170 Å². The first kappa shape index (κ1) is 17.4. The smallest absolute Gasteiger partial charge is 0.325 e. The molecule has 1 aliphatic rings. The molecule has 1 aliphatic carbocycles. The van der Waals surface area contributed by atoms with E-state index in [1.807, 2.05) is 60.7 Å². The van der Waals surface area contributed by atoms with E-state index in [2.05, 4.69) is 42.5 Å². The van der Waals surface area contributed by atoms with E-state index in [-0.39, 0.29) is 5.97 Å². The number of methoxy groups -OCH3 is 1. The van der Waals surface area contributed by atoms with Crippen molar-refractivity contribution in [3.63, 3.8) is 0 Å². The molecule has 0 aromatic heterocycles. The molecule has 29 heavy (non-hydrogen) atoms. The molecular weight excluding hydrogens is 356 g/mol. The summed E-state index contributed by atoms with van der Waals surface area (Å²) in [6, 6.07) is 34.6. The van der Waals surface area contributed by atoms with Gasteiger partial charge < -0.3 is 4.74 Å². The highest BCUT2D eigenvalue weighted by molar-refractivity contribution is 6.33. The molecule has 0 saturated carbocycles. The Bertz CT molecular complexity index is 1230. The quantitative estimate of drug-likeness (QED) is 0.416. The van der Waals surface area contributed by atoms with E-state index in [4.69, 9.17) is 4.74 Å². The van der Waals surface area contributed by atoms with Gasteiger partial charge in [0, 0.05) is 0 Å². The third-order valence-electron chi connectivity index (χ3n) is 5.76. The molecule has 0 radical (unpaired) electrons. The topological polar surface area (TPSA) is 26.3 Å². The van der Waals surface area contributed by atoms with Crippen LogP contribution in [0.25, 0.3) is 21.9 Å². The predicted molar refractivity (Wildman–Crippen MR) is 117 cm³/mol. The zero-order chi connectivity index (χ0) is 19.8. The Morgan fingerprint density at radius 3 is 2.03 bits per heavy atom. The summed E-state index contributed by atoms with van der Waals surface area (Å²) in [5.41, 5.74) is 4.22. The third kappa shape index (κ3) is 2.53. The molecular formula is C27H20O2. The van der Waals surface area contributed by atoms with E-state index in [0.717, 1.165) is 38.6 Å². The third-order valence-corrected chi connectivity index (χ3v) is 5.76. The molecule has 4 aromatic rings. The molecule has 1 atom stereocenters. The lowest BCUT2D eigenvalue weighted by atomic mass is 9.84. The van der Waals surface area contributed by atoms with E-state index >= 15 is 0 Å². The molecule has 2 nitrogen and oxygen atoms in total. The first-order chi connectivity index (χ1) is 14.3. The van der Waals surface area contributed by atoms with Crippen molar-refractivity contribution >= 4 is 27.9 Å². The number of esters is 1. The van der Waals surface area contributed by atoms with Crippen molar-refractivity contribution in [2.24, 2.45) is 0 Å². The van der Waals surface area contributed by atoms with Crippen molar-refractivity contribution in [2.75, 3.05) is 7.11 Å². The van der Waals surface area contributed by atoms with E-state index in [1.165, 1.54) is 7.11 Å². The Hall–Kier alpha value is -3.65. The van der Waals surface area contributed by atoms with Gasteiger partial charge in [0.1, 0.15) is 5.41 Å². The van der Waals surface area contributed by atoms with Crippen LogP contribution in [0, 0.1) is 0 Å². The van der Waals surface area contributed by atoms with Crippen molar-refractivity contribution in [3.05, 3.63) is 120 Å². The minimum Gasteiger partial charge on any atom is -0.468 e. The summed E-state index contributed by atoms with van der Waals surface area (Å²) in [7, 11) is 1.47. The fourth-order valence-electron chi connectivity index (χ4n) is 4.48. The summed E-state index contributed by atoms with van der Waals surface area (Å²) < 4.78 is 5.37. The van der Waals surface area contributed by atoms with Gasteiger partial charge in [-0.1, -0.05) is 103 Å². The summed E-state index contributed by atoms with van der Waals surface area (Å²) in [5, 5.41) is 2.30. The maximum Gasteiger partial charge on any atom is 0.325 e. The van der Waals surface area contributed by atoms with Crippen molar-refractivity contribution in [2.45, 2.75) is 5.41 Å². The maximum atomic E-state index is 13.3. The predicted octanol–water partition coefficient (Wildman–Crippen LogP) is 5.88. The van der Waals surface area contributed by atoms with Crippen LogP contribution in [0.3, 0.4) is 0 Å². The minimum absolute atomic E-state index is 0.245. The van der Waals surface area contributed by atoms with E-state index < -0.39 is 5.41 Å². The lowest BCUT2D eigenvalue weighted by molar-refractivity contribution is -0.142. The number of fused-ring (bicyclic) bond motifs is 1. The Kier molecular flexibility index (Phi) is 4.06. The van der Waals surface area contributed by atoms with Gasteiger partial charge in [0.25, 0.3) is 0 Å². The minimum atomic E-state index is -0.887. The number of benzene rings is 4. The second-order valence-corrected chi connectivity index (χ2v) is 7.25. The highest BCUT2D eigenvalue weighted by atomic mass is 16.5. The van der Waals surface area contributed by atoms with Gasteiger partial charge in [-0.15, -0.1) is 0 Å². The van der Waals surface area contributed by atoms with Gasteiger partial charge in [-0.2, -0.15) is 0 Å². The number of ether oxygens (including phenoxy) is 1. The number of hydrogen-bond donors (Lipinski definition) is 0. The van der Waals surface area contributed by atoms with Gasteiger partial charge >= 0.3 is 5.97 Å². The molecule has 140 valence electrons. The monoisotopic (exact) mass is 376 g/mol. The van der Waals surface area contributed by atoms with Gasteiger partial charge in [-0.3, -0.25) is 4.79 Å². The molecule has 0 heterocycles. The Balaban J connectivity index is 1.83. The lowest BCUT2D eigenvalue weighted by Gasteiger charge is -2.19. The van der Waals surface area contributed by atoms with Gasteiger partial charge in [-0.05, 0) is 38.6 Å². The van der Waals surface area contributed by atoms with Crippen LogP contribution < -0.4 is 0 Å². The van der Waals surface area contributed by atoms with Crippen molar-refractivity contribution in [1.29, 1.82) is 0 Å². The van der Waals surface area contributed by atoms with Gasteiger partial charge in [0.2, 0.25) is 0 Å². The van der Waals surface area contributed by atoms with Crippen LogP contribution in [0.1, 0.15) is 16.7 Å². The Morgan fingerprint density at radius 2 is 1.31 bits per heavy atom. The normalized spacial score (nSPS) is 18.0. The van der Waals surface area contributed by atoms with E-state index in [0.29, 0.717) is 0 Å². The maximum absolute atomic E-state index is 13.3. The summed E-state index contributed by atoms with van der Waals surface area (Å²) in [6.07, 6.45) is 0. The fraction of sp³-hybridized carbons (Fsp3) is 0.0741. The highest BCUT2D eigenvalue weighted by Crippen LogP contribution is 2.65. The molecule has 0 amide bonds. The second-order valence-electron chi connectivity index (χ2n) is 7.25. The average Bonchev–Trinajstić information content (AvgIpc) is 3.50. The molecule has 0 aliphatic heterocycles. The molecule has 0 fully saturated rings. The number of carbonyl (C=O) groups excluding carboxylic acids is 1. The second kappa shape index (κ2) is 6.75.